The molecule has 5 nitrogen and oxygen atoms in total. The fraction of sp³-hybridized carbons (Fsp3) is 0.263. The first kappa shape index (κ1) is 20.0. The molecule has 1 amide bonds. The van der Waals surface area contributed by atoms with E-state index in [2.05, 4.69) is 15.0 Å². The molecule has 0 saturated carbocycles. The van der Waals surface area contributed by atoms with Crippen molar-refractivity contribution in [2.75, 3.05) is 6.61 Å². The predicted molar refractivity (Wildman–Crippen MR) is 99.6 cm³/mol. The van der Waals surface area contributed by atoms with E-state index in [1.807, 2.05) is 17.7 Å². The number of alkyl halides is 3. The summed E-state index contributed by atoms with van der Waals surface area (Å²) in [6.07, 6.45) is -1.51. The molecule has 2 aromatic heterocycles. The van der Waals surface area contributed by atoms with Gasteiger partial charge in [0.2, 0.25) is 0 Å². The van der Waals surface area contributed by atoms with Crippen LogP contribution in [0.1, 0.15) is 29.0 Å². The second-order valence-electron chi connectivity index (χ2n) is 6.33. The summed E-state index contributed by atoms with van der Waals surface area (Å²) in [6.45, 7) is 0.346. The molecule has 2 heterocycles. The SMILES string of the molecule is CC(NC(=O)c1cn(C)c2ccc(Cl)cc12)c1ccc(OCC(F)(F)F)cn1. The smallest absolute Gasteiger partial charge is 0.422 e. The quantitative estimate of drug-likeness (QED) is 0.664. The molecule has 3 aromatic rings. The summed E-state index contributed by atoms with van der Waals surface area (Å²) in [5.41, 5.74) is 1.83. The number of halogens is 4. The van der Waals surface area contributed by atoms with Gasteiger partial charge in [0.1, 0.15) is 5.75 Å². The summed E-state index contributed by atoms with van der Waals surface area (Å²) in [4.78, 5) is 16.8. The summed E-state index contributed by atoms with van der Waals surface area (Å²) in [6, 6.07) is 7.74. The minimum absolute atomic E-state index is 0.00305. The molecule has 1 aromatic carbocycles. The molecular formula is C19H17ClF3N3O2. The van der Waals surface area contributed by atoms with Gasteiger partial charge in [0.15, 0.2) is 6.61 Å². The monoisotopic (exact) mass is 411 g/mol. The Morgan fingerprint density at radius 3 is 2.71 bits per heavy atom. The molecule has 0 spiro atoms. The molecule has 3 rings (SSSR count). The third-order valence-corrected chi connectivity index (χ3v) is 4.38. The van der Waals surface area contributed by atoms with E-state index in [9.17, 15) is 18.0 Å². The van der Waals surface area contributed by atoms with E-state index in [-0.39, 0.29) is 11.7 Å². The number of pyridine rings is 1. The third-order valence-electron chi connectivity index (χ3n) is 4.15. The normalized spacial score (nSPS) is 12.8. The van der Waals surface area contributed by atoms with Crippen molar-refractivity contribution in [2.45, 2.75) is 19.1 Å². The Balaban J connectivity index is 1.72. The molecule has 9 heteroatoms. The maximum atomic E-state index is 12.7. The highest BCUT2D eigenvalue weighted by molar-refractivity contribution is 6.31. The van der Waals surface area contributed by atoms with E-state index in [0.717, 1.165) is 10.9 Å². The standard InChI is InChI=1S/C19H17ClF3N3O2/c1-11(16-5-4-13(8-24-16)28-10-19(21,22)23)25-18(27)15-9-26(2)17-6-3-12(20)7-14(15)17/h3-9,11H,10H2,1-2H3,(H,25,27). The summed E-state index contributed by atoms with van der Waals surface area (Å²) in [5.74, 6) is -0.303. The summed E-state index contributed by atoms with van der Waals surface area (Å²) in [7, 11) is 1.83. The van der Waals surface area contributed by atoms with Crippen LogP contribution in [0.2, 0.25) is 5.02 Å². The van der Waals surface area contributed by atoms with Gasteiger partial charge in [-0.25, -0.2) is 0 Å². The van der Waals surface area contributed by atoms with Crippen LogP contribution in [-0.2, 0) is 7.05 Å². The number of carbonyl (C=O) groups excluding carboxylic acids is 1. The van der Waals surface area contributed by atoms with Gasteiger partial charge in [-0.2, -0.15) is 13.2 Å². The number of hydrogen-bond acceptors (Lipinski definition) is 3. The summed E-state index contributed by atoms with van der Waals surface area (Å²) < 4.78 is 43.0. The van der Waals surface area contributed by atoms with Crippen molar-refractivity contribution >= 4 is 28.4 Å². The third kappa shape index (κ3) is 4.56. The Labute approximate surface area is 164 Å². The second-order valence-corrected chi connectivity index (χ2v) is 6.77. The fourth-order valence-corrected chi connectivity index (χ4v) is 2.96. The van der Waals surface area contributed by atoms with Crippen LogP contribution in [0.3, 0.4) is 0 Å². The lowest BCUT2D eigenvalue weighted by Crippen LogP contribution is -2.27. The molecule has 0 aliphatic heterocycles. The van der Waals surface area contributed by atoms with Gasteiger partial charge in [0.05, 0.1) is 23.5 Å². The van der Waals surface area contributed by atoms with Gasteiger partial charge in [-0.15, -0.1) is 0 Å². The molecule has 1 unspecified atom stereocenters. The Kier molecular flexibility index (Phi) is 5.51. The van der Waals surface area contributed by atoms with Gasteiger partial charge in [0.25, 0.3) is 5.91 Å². The van der Waals surface area contributed by atoms with E-state index < -0.39 is 18.8 Å². The predicted octanol–water partition coefficient (Wildman–Crippen LogP) is 4.66. The molecule has 0 radical (unpaired) electrons. The number of nitrogens with zero attached hydrogens (tertiary/aromatic N) is 2. The molecule has 1 N–H and O–H groups in total. The number of benzene rings is 1. The summed E-state index contributed by atoms with van der Waals surface area (Å²) in [5, 5.41) is 4.08. The highest BCUT2D eigenvalue weighted by Gasteiger charge is 2.28. The van der Waals surface area contributed by atoms with Crippen LogP contribution in [-0.4, -0.2) is 28.2 Å². The number of aromatic nitrogens is 2. The molecule has 28 heavy (non-hydrogen) atoms. The van der Waals surface area contributed by atoms with Crippen molar-refractivity contribution in [1.82, 2.24) is 14.9 Å². The zero-order valence-electron chi connectivity index (χ0n) is 15.0. The van der Waals surface area contributed by atoms with E-state index in [1.54, 1.807) is 25.3 Å². The molecule has 0 saturated heterocycles. The van der Waals surface area contributed by atoms with Crippen LogP contribution in [0.4, 0.5) is 13.2 Å². The number of fused-ring (bicyclic) bond motifs is 1. The molecule has 0 bridgehead atoms. The lowest BCUT2D eigenvalue weighted by atomic mass is 10.1. The van der Waals surface area contributed by atoms with Crippen LogP contribution in [0.5, 0.6) is 5.75 Å². The lowest BCUT2D eigenvalue weighted by Gasteiger charge is -2.14. The Morgan fingerprint density at radius 2 is 2.07 bits per heavy atom. The first-order valence-corrected chi connectivity index (χ1v) is 8.73. The van der Waals surface area contributed by atoms with Crippen LogP contribution < -0.4 is 10.1 Å². The van der Waals surface area contributed by atoms with Gasteiger partial charge < -0.3 is 14.6 Å². The molecule has 148 valence electrons. The van der Waals surface area contributed by atoms with Crippen molar-refractivity contribution in [3.05, 3.63) is 59.0 Å². The number of carbonyl (C=O) groups is 1. The lowest BCUT2D eigenvalue weighted by molar-refractivity contribution is -0.153. The van der Waals surface area contributed by atoms with Gasteiger partial charge in [-0.3, -0.25) is 9.78 Å². The first-order valence-electron chi connectivity index (χ1n) is 8.35. The number of aryl methyl sites for hydroxylation is 1. The van der Waals surface area contributed by atoms with E-state index in [4.69, 9.17) is 11.6 Å². The Bertz CT molecular complexity index is 1000. The second kappa shape index (κ2) is 7.71. The minimum atomic E-state index is -4.42. The van der Waals surface area contributed by atoms with Crippen molar-refractivity contribution in [3.8, 4) is 5.75 Å². The van der Waals surface area contributed by atoms with Crippen molar-refractivity contribution in [2.24, 2.45) is 7.05 Å². The first-order chi connectivity index (χ1) is 13.1. The van der Waals surface area contributed by atoms with Crippen LogP contribution in [0.15, 0.2) is 42.7 Å². The highest BCUT2D eigenvalue weighted by atomic mass is 35.5. The van der Waals surface area contributed by atoms with Crippen LogP contribution >= 0.6 is 11.6 Å². The van der Waals surface area contributed by atoms with Crippen molar-refractivity contribution in [1.29, 1.82) is 0 Å². The van der Waals surface area contributed by atoms with E-state index in [0.29, 0.717) is 16.3 Å². The van der Waals surface area contributed by atoms with Gasteiger partial charge in [-0.05, 0) is 37.3 Å². The number of hydrogen-bond donors (Lipinski definition) is 1. The zero-order chi connectivity index (χ0) is 20.5. The van der Waals surface area contributed by atoms with Crippen molar-refractivity contribution < 1.29 is 22.7 Å². The number of rotatable bonds is 5. The Hall–Kier alpha value is -2.74. The molecule has 0 aliphatic carbocycles. The number of ether oxygens (including phenoxy) is 1. The number of amides is 1. The molecule has 0 fully saturated rings. The van der Waals surface area contributed by atoms with Crippen LogP contribution in [0, 0.1) is 0 Å². The molecule has 1 atom stereocenters. The van der Waals surface area contributed by atoms with E-state index in [1.165, 1.54) is 18.3 Å². The number of nitrogens with one attached hydrogen (secondary N) is 1. The largest absolute Gasteiger partial charge is 0.483 e. The summed E-state index contributed by atoms with van der Waals surface area (Å²) >= 11 is 6.04. The van der Waals surface area contributed by atoms with Crippen molar-refractivity contribution in [3.63, 3.8) is 0 Å². The molecular weight excluding hydrogens is 395 g/mol. The average Bonchev–Trinajstić information content (AvgIpc) is 2.96. The zero-order valence-corrected chi connectivity index (χ0v) is 15.8. The van der Waals surface area contributed by atoms with E-state index >= 15 is 0 Å². The molecule has 0 aliphatic rings. The Morgan fingerprint density at radius 1 is 1.32 bits per heavy atom. The topological polar surface area (TPSA) is 56.2 Å². The minimum Gasteiger partial charge on any atom is -0.483 e. The van der Waals surface area contributed by atoms with Gasteiger partial charge in [0, 0.05) is 29.2 Å². The highest BCUT2D eigenvalue weighted by Crippen LogP contribution is 2.25. The maximum absolute atomic E-state index is 12.7. The van der Waals surface area contributed by atoms with Crippen LogP contribution in [0.25, 0.3) is 10.9 Å². The van der Waals surface area contributed by atoms with Gasteiger partial charge in [-0.1, -0.05) is 11.6 Å². The van der Waals surface area contributed by atoms with Gasteiger partial charge >= 0.3 is 6.18 Å². The maximum Gasteiger partial charge on any atom is 0.422 e. The average molecular weight is 412 g/mol. The fourth-order valence-electron chi connectivity index (χ4n) is 2.79.